The standard InChI is InChI=1S/C14H13NO2/c1-11-5-6-12(13(16)9-11)14(17)10-15-7-3-2-4-8-15/h2-9H,10H2,1H3/p+1. The maximum atomic E-state index is 12.0. The minimum absolute atomic E-state index is 0.0477. The first-order valence-corrected chi connectivity index (χ1v) is 5.44. The van der Waals surface area contributed by atoms with Gasteiger partial charge in [0.25, 0.3) is 0 Å². The molecule has 0 spiro atoms. The van der Waals surface area contributed by atoms with Crippen LogP contribution in [0.25, 0.3) is 0 Å². The fourth-order valence-electron chi connectivity index (χ4n) is 1.67. The van der Waals surface area contributed by atoms with Crippen molar-refractivity contribution in [3.63, 3.8) is 0 Å². The number of hydrogen-bond donors (Lipinski definition) is 1. The Morgan fingerprint density at radius 3 is 2.59 bits per heavy atom. The van der Waals surface area contributed by atoms with Gasteiger partial charge in [0.15, 0.2) is 12.4 Å². The number of hydrogen-bond acceptors (Lipinski definition) is 2. The molecule has 0 atom stereocenters. The number of benzene rings is 1. The lowest BCUT2D eigenvalue weighted by Gasteiger charge is -2.02. The first-order chi connectivity index (χ1) is 8.16. The van der Waals surface area contributed by atoms with Crippen LogP contribution >= 0.6 is 0 Å². The Kier molecular flexibility index (Phi) is 3.19. The van der Waals surface area contributed by atoms with Crippen LogP contribution in [-0.2, 0) is 6.54 Å². The summed E-state index contributed by atoms with van der Waals surface area (Å²) in [5, 5.41) is 9.71. The summed E-state index contributed by atoms with van der Waals surface area (Å²) in [5.41, 5.74) is 1.30. The number of aromatic hydroxyl groups is 1. The first-order valence-electron chi connectivity index (χ1n) is 5.44. The number of nitrogens with zero attached hydrogens (tertiary/aromatic N) is 1. The summed E-state index contributed by atoms with van der Waals surface area (Å²) in [6.45, 7) is 2.11. The predicted octanol–water partition coefficient (Wildman–Crippen LogP) is 1.87. The van der Waals surface area contributed by atoms with Crippen molar-refractivity contribution in [2.24, 2.45) is 0 Å². The third kappa shape index (κ3) is 2.69. The lowest BCUT2D eigenvalue weighted by atomic mass is 10.1. The van der Waals surface area contributed by atoms with Gasteiger partial charge < -0.3 is 5.11 Å². The van der Waals surface area contributed by atoms with E-state index >= 15 is 0 Å². The topological polar surface area (TPSA) is 41.2 Å². The van der Waals surface area contributed by atoms with Crippen LogP contribution in [-0.4, -0.2) is 10.9 Å². The van der Waals surface area contributed by atoms with E-state index < -0.39 is 0 Å². The number of pyridine rings is 1. The van der Waals surface area contributed by atoms with Gasteiger partial charge in [-0.3, -0.25) is 4.79 Å². The van der Waals surface area contributed by atoms with E-state index in [4.69, 9.17) is 0 Å². The van der Waals surface area contributed by atoms with Gasteiger partial charge in [0, 0.05) is 12.1 Å². The summed E-state index contributed by atoms with van der Waals surface area (Å²) in [5.74, 6) is -0.0507. The highest BCUT2D eigenvalue weighted by Gasteiger charge is 2.15. The monoisotopic (exact) mass is 228 g/mol. The molecule has 0 fully saturated rings. The van der Waals surface area contributed by atoms with Crippen molar-refractivity contribution in [2.75, 3.05) is 0 Å². The number of carbonyl (C=O) groups excluding carboxylic acids is 1. The highest BCUT2D eigenvalue weighted by atomic mass is 16.3. The highest BCUT2D eigenvalue weighted by Crippen LogP contribution is 2.18. The normalized spacial score (nSPS) is 10.2. The molecule has 1 N–H and O–H groups in total. The molecule has 0 saturated carbocycles. The molecule has 1 aromatic heterocycles. The van der Waals surface area contributed by atoms with Crippen molar-refractivity contribution in [3.05, 3.63) is 59.9 Å². The molecule has 86 valence electrons. The Bertz CT molecular complexity index is 535. The Labute approximate surface area is 100.0 Å². The molecule has 3 nitrogen and oxygen atoms in total. The largest absolute Gasteiger partial charge is 0.507 e. The Balaban J connectivity index is 2.21. The van der Waals surface area contributed by atoms with Gasteiger partial charge in [-0.05, 0) is 24.6 Å². The fourth-order valence-corrected chi connectivity index (χ4v) is 1.67. The van der Waals surface area contributed by atoms with E-state index in [2.05, 4.69) is 0 Å². The van der Waals surface area contributed by atoms with Crippen molar-refractivity contribution >= 4 is 5.78 Å². The second-order valence-corrected chi connectivity index (χ2v) is 3.99. The van der Waals surface area contributed by atoms with Crippen molar-refractivity contribution in [3.8, 4) is 5.75 Å². The van der Waals surface area contributed by atoms with Gasteiger partial charge in [0.2, 0.25) is 12.3 Å². The number of aryl methyl sites for hydroxylation is 1. The van der Waals surface area contributed by atoms with Crippen LogP contribution in [0.5, 0.6) is 5.75 Å². The smallest absolute Gasteiger partial charge is 0.231 e. The number of phenols is 1. The summed E-state index contributed by atoms with van der Waals surface area (Å²) in [6.07, 6.45) is 3.65. The van der Waals surface area contributed by atoms with Crippen LogP contribution in [0.15, 0.2) is 48.8 Å². The molecule has 1 heterocycles. The van der Waals surface area contributed by atoms with E-state index in [0.29, 0.717) is 5.56 Å². The minimum Gasteiger partial charge on any atom is -0.507 e. The van der Waals surface area contributed by atoms with Gasteiger partial charge in [-0.2, -0.15) is 4.57 Å². The van der Waals surface area contributed by atoms with Crippen molar-refractivity contribution < 1.29 is 14.5 Å². The van der Waals surface area contributed by atoms with Gasteiger partial charge >= 0.3 is 0 Å². The second kappa shape index (κ2) is 4.78. The van der Waals surface area contributed by atoms with Crippen LogP contribution < -0.4 is 4.57 Å². The summed E-state index contributed by atoms with van der Waals surface area (Å²) in [4.78, 5) is 12.0. The van der Waals surface area contributed by atoms with E-state index in [0.717, 1.165) is 5.56 Å². The quantitative estimate of drug-likeness (QED) is 0.643. The van der Waals surface area contributed by atoms with Gasteiger partial charge in [-0.1, -0.05) is 12.1 Å². The summed E-state index contributed by atoms with van der Waals surface area (Å²) >= 11 is 0. The fraction of sp³-hybridized carbons (Fsp3) is 0.143. The molecule has 0 aliphatic carbocycles. The molecule has 1 aromatic carbocycles. The van der Waals surface area contributed by atoms with Crippen LogP contribution in [0.1, 0.15) is 15.9 Å². The van der Waals surface area contributed by atoms with Crippen LogP contribution in [0, 0.1) is 6.92 Å². The molecule has 0 aliphatic rings. The van der Waals surface area contributed by atoms with E-state index in [1.165, 1.54) is 0 Å². The third-order valence-electron chi connectivity index (χ3n) is 2.56. The Hall–Kier alpha value is -2.16. The van der Waals surface area contributed by atoms with E-state index in [1.807, 2.05) is 43.6 Å². The lowest BCUT2D eigenvalue weighted by molar-refractivity contribution is -0.683. The molecule has 0 bridgehead atoms. The molecule has 0 unspecified atom stereocenters. The molecule has 0 aliphatic heterocycles. The third-order valence-corrected chi connectivity index (χ3v) is 2.56. The molecule has 0 saturated heterocycles. The molecule has 2 aromatic rings. The number of carbonyl (C=O) groups is 1. The van der Waals surface area contributed by atoms with Gasteiger partial charge in [0.1, 0.15) is 5.75 Å². The Morgan fingerprint density at radius 1 is 1.24 bits per heavy atom. The van der Waals surface area contributed by atoms with Crippen molar-refractivity contribution in [1.29, 1.82) is 0 Å². The van der Waals surface area contributed by atoms with Crippen molar-refractivity contribution in [1.82, 2.24) is 0 Å². The second-order valence-electron chi connectivity index (χ2n) is 3.99. The highest BCUT2D eigenvalue weighted by molar-refractivity contribution is 5.97. The predicted molar refractivity (Wildman–Crippen MR) is 63.8 cm³/mol. The lowest BCUT2D eigenvalue weighted by Crippen LogP contribution is -2.36. The maximum absolute atomic E-state index is 12.0. The molecule has 3 heteroatoms. The number of Topliss-reactive ketones (excluding diaryl/α,β-unsaturated/α-hetero) is 1. The summed E-state index contributed by atoms with van der Waals surface area (Å²) in [7, 11) is 0. The molecule has 17 heavy (non-hydrogen) atoms. The maximum Gasteiger partial charge on any atom is 0.231 e. The molecule has 2 rings (SSSR count). The van der Waals surface area contributed by atoms with Gasteiger partial charge in [-0.15, -0.1) is 0 Å². The van der Waals surface area contributed by atoms with Crippen molar-refractivity contribution in [2.45, 2.75) is 13.5 Å². The van der Waals surface area contributed by atoms with Crippen LogP contribution in [0.4, 0.5) is 0 Å². The first kappa shape index (κ1) is 11.3. The van der Waals surface area contributed by atoms with E-state index in [9.17, 15) is 9.90 Å². The Morgan fingerprint density at radius 2 is 1.94 bits per heavy atom. The number of phenolic OH excluding ortho intramolecular Hbond substituents is 1. The van der Waals surface area contributed by atoms with E-state index in [-0.39, 0.29) is 18.1 Å². The van der Waals surface area contributed by atoms with Crippen LogP contribution in [0.3, 0.4) is 0 Å². The number of rotatable bonds is 3. The van der Waals surface area contributed by atoms with Gasteiger partial charge in [-0.25, -0.2) is 0 Å². The molecular formula is C14H14NO2+. The zero-order valence-corrected chi connectivity index (χ0v) is 9.63. The SMILES string of the molecule is Cc1ccc(C(=O)C[n+]2ccccc2)c(O)c1. The van der Waals surface area contributed by atoms with Gasteiger partial charge in [0.05, 0.1) is 5.56 Å². The van der Waals surface area contributed by atoms with Crippen LogP contribution in [0.2, 0.25) is 0 Å². The summed E-state index contributed by atoms with van der Waals surface area (Å²) in [6, 6.07) is 10.7. The zero-order chi connectivity index (χ0) is 12.3. The molecular weight excluding hydrogens is 214 g/mol. The average Bonchev–Trinajstić information content (AvgIpc) is 2.30. The average molecular weight is 228 g/mol. The zero-order valence-electron chi connectivity index (χ0n) is 9.63. The minimum atomic E-state index is -0.0984. The number of ketones is 1. The molecule has 0 amide bonds. The number of aromatic nitrogens is 1. The summed E-state index contributed by atoms with van der Waals surface area (Å²) < 4.78 is 1.78. The molecule has 0 radical (unpaired) electrons. The van der Waals surface area contributed by atoms with E-state index in [1.54, 1.807) is 16.7 Å².